The quantitative estimate of drug-likeness (QED) is 0.677. The number of Topliss-reactive ketones (excluding diaryl/α,β-unsaturated/α-hetero) is 1. The number of rotatable bonds is 5. The first-order valence-corrected chi connectivity index (χ1v) is 6.55. The first-order chi connectivity index (χ1) is 10.1. The van der Waals surface area contributed by atoms with Gasteiger partial charge in [-0.2, -0.15) is 0 Å². The van der Waals surface area contributed by atoms with Gasteiger partial charge in [0.05, 0.1) is 6.42 Å². The molecule has 0 saturated heterocycles. The number of carbonyl (C=O) groups is 3. The summed E-state index contributed by atoms with van der Waals surface area (Å²) in [4.78, 5) is 34.5. The van der Waals surface area contributed by atoms with E-state index >= 15 is 0 Å². The summed E-state index contributed by atoms with van der Waals surface area (Å²) in [5.74, 6) is -0.620. The molecule has 1 N–H and O–H groups in total. The highest BCUT2D eigenvalue weighted by molar-refractivity contribution is 6.09. The van der Waals surface area contributed by atoms with Crippen molar-refractivity contribution in [2.24, 2.45) is 0 Å². The van der Waals surface area contributed by atoms with Crippen molar-refractivity contribution in [3.63, 3.8) is 0 Å². The van der Waals surface area contributed by atoms with E-state index in [0.29, 0.717) is 16.8 Å². The molecule has 0 radical (unpaired) electrons. The van der Waals surface area contributed by atoms with Crippen molar-refractivity contribution in [3.05, 3.63) is 65.7 Å². The topological polar surface area (TPSA) is 63.2 Å². The smallest absolute Gasteiger partial charge is 0.231 e. The third-order valence-electron chi connectivity index (χ3n) is 2.88. The summed E-state index contributed by atoms with van der Waals surface area (Å²) in [7, 11) is 0. The molecule has 0 aromatic heterocycles. The van der Waals surface area contributed by atoms with Crippen LogP contribution >= 0.6 is 0 Å². The summed E-state index contributed by atoms with van der Waals surface area (Å²) in [5, 5.41) is 2.61. The van der Waals surface area contributed by atoms with Crippen molar-refractivity contribution in [1.29, 1.82) is 0 Å². The van der Waals surface area contributed by atoms with Crippen LogP contribution in [0.4, 0.5) is 5.69 Å². The van der Waals surface area contributed by atoms with Gasteiger partial charge in [-0.3, -0.25) is 14.4 Å². The van der Waals surface area contributed by atoms with Gasteiger partial charge in [0.25, 0.3) is 0 Å². The minimum absolute atomic E-state index is 0.0720. The summed E-state index contributed by atoms with van der Waals surface area (Å²) in [6.07, 6.45) is -0.148. The minimum Gasteiger partial charge on any atom is -0.326 e. The largest absolute Gasteiger partial charge is 0.326 e. The Hall–Kier alpha value is -2.75. The molecule has 106 valence electrons. The lowest BCUT2D eigenvalue weighted by Gasteiger charge is -2.05. The van der Waals surface area contributed by atoms with Gasteiger partial charge >= 0.3 is 0 Å². The second kappa shape index (κ2) is 6.61. The third kappa shape index (κ3) is 4.11. The predicted octanol–water partition coefficient (Wildman–Crippen LogP) is 2.84. The Labute approximate surface area is 122 Å². The first-order valence-electron chi connectivity index (χ1n) is 6.55. The van der Waals surface area contributed by atoms with E-state index in [9.17, 15) is 14.4 Å². The molecule has 0 fully saturated rings. The molecule has 0 saturated carbocycles. The maximum atomic E-state index is 12.2. The first kappa shape index (κ1) is 14.7. The Kier molecular flexibility index (Phi) is 4.61. The Morgan fingerprint density at radius 3 is 2.00 bits per heavy atom. The van der Waals surface area contributed by atoms with Gasteiger partial charge in [0, 0.05) is 16.8 Å². The molecule has 0 heterocycles. The summed E-state index contributed by atoms with van der Waals surface area (Å²) in [5.41, 5.74) is 1.72. The molecule has 0 bridgehead atoms. The van der Waals surface area contributed by atoms with E-state index in [1.165, 1.54) is 6.92 Å². The Morgan fingerprint density at radius 1 is 0.857 bits per heavy atom. The molecule has 21 heavy (non-hydrogen) atoms. The molecule has 2 aromatic carbocycles. The molecule has 0 spiro atoms. The predicted molar refractivity (Wildman–Crippen MR) is 80.2 cm³/mol. The highest BCUT2D eigenvalue weighted by Gasteiger charge is 2.09. The Morgan fingerprint density at radius 2 is 1.43 bits per heavy atom. The molecule has 0 aliphatic carbocycles. The molecular formula is C17H15NO3. The van der Waals surface area contributed by atoms with Crippen molar-refractivity contribution in [2.75, 3.05) is 5.32 Å². The molecule has 1 amide bonds. The maximum absolute atomic E-state index is 12.2. The monoisotopic (exact) mass is 281 g/mol. The van der Waals surface area contributed by atoms with E-state index in [0.717, 1.165) is 0 Å². The number of hydrogen-bond donors (Lipinski definition) is 1. The van der Waals surface area contributed by atoms with Gasteiger partial charge in [-0.25, -0.2) is 0 Å². The lowest BCUT2D eigenvalue weighted by atomic mass is 10.0. The SMILES string of the molecule is CC(=O)CC(=O)Nc1ccc(C(=O)c2ccccc2)cc1. The van der Waals surface area contributed by atoms with Gasteiger partial charge in [-0.15, -0.1) is 0 Å². The van der Waals surface area contributed by atoms with E-state index in [1.54, 1.807) is 36.4 Å². The summed E-state index contributed by atoms with van der Waals surface area (Å²) < 4.78 is 0. The van der Waals surface area contributed by atoms with Crippen LogP contribution in [-0.4, -0.2) is 17.5 Å². The number of nitrogens with one attached hydrogen (secondary N) is 1. The van der Waals surface area contributed by atoms with Gasteiger partial charge in [-0.05, 0) is 31.2 Å². The lowest BCUT2D eigenvalue weighted by Crippen LogP contribution is -2.14. The Bertz CT molecular complexity index is 660. The van der Waals surface area contributed by atoms with Crippen molar-refractivity contribution in [1.82, 2.24) is 0 Å². The summed E-state index contributed by atoms with van der Waals surface area (Å²) >= 11 is 0. The fraction of sp³-hybridized carbons (Fsp3) is 0.118. The highest BCUT2D eigenvalue weighted by Crippen LogP contribution is 2.14. The number of anilines is 1. The number of ketones is 2. The third-order valence-corrected chi connectivity index (χ3v) is 2.88. The Balaban J connectivity index is 2.07. The number of hydrogen-bond acceptors (Lipinski definition) is 3. The zero-order chi connectivity index (χ0) is 15.2. The zero-order valence-corrected chi connectivity index (χ0v) is 11.6. The van der Waals surface area contributed by atoms with Crippen molar-refractivity contribution < 1.29 is 14.4 Å². The van der Waals surface area contributed by atoms with Crippen LogP contribution in [0, 0.1) is 0 Å². The lowest BCUT2D eigenvalue weighted by molar-refractivity contribution is -0.124. The van der Waals surface area contributed by atoms with Crippen LogP contribution in [0.15, 0.2) is 54.6 Å². The van der Waals surface area contributed by atoms with E-state index in [2.05, 4.69) is 5.32 Å². The zero-order valence-electron chi connectivity index (χ0n) is 11.6. The molecule has 0 atom stereocenters. The van der Waals surface area contributed by atoms with E-state index in [1.807, 2.05) is 18.2 Å². The van der Waals surface area contributed by atoms with Crippen LogP contribution in [0.5, 0.6) is 0 Å². The minimum atomic E-state index is -0.357. The summed E-state index contributed by atoms with van der Waals surface area (Å²) in [6.45, 7) is 1.36. The van der Waals surface area contributed by atoms with Crippen LogP contribution < -0.4 is 5.32 Å². The fourth-order valence-electron chi connectivity index (χ4n) is 1.89. The van der Waals surface area contributed by atoms with Gasteiger partial charge in [0.2, 0.25) is 5.91 Å². The van der Waals surface area contributed by atoms with E-state index < -0.39 is 0 Å². The normalized spacial score (nSPS) is 9.95. The average molecular weight is 281 g/mol. The molecule has 2 rings (SSSR count). The van der Waals surface area contributed by atoms with Gasteiger partial charge in [-0.1, -0.05) is 30.3 Å². The van der Waals surface area contributed by atoms with E-state index in [-0.39, 0.29) is 23.9 Å². The molecular weight excluding hydrogens is 266 g/mol. The molecule has 4 nitrogen and oxygen atoms in total. The maximum Gasteiger partial charge on any atom is 0.231 e. The fourth-order valence-corrected chi connectivity index (χ4v) is 1.89. The van der Waals surface area contributed by atoms with E-state index in [4.69, 9.17) is 0 Å². The van der Waals surface area contributed by atoms with Crippen molar-refractivity contribution in [2.45, 2.75) is 13.3 Å². The van der Waals surface area contributed by atoms with Crippen LogP contribution in [0.3, 0.4) is 0 Å². The summed E-state index contributed by atoms with van der Waals surface area (Å²) in [6, 6.07) is 15.6. The molecule has 2 aromatic rings. The second-order valence-corrected chi connectivity index (χ2v) is 4.70. The average Bonchev–Trinajstić information content (AvgIpc) is 2.47. The second-order valence-electron chi connectivity index (χ2n) is 4.70. The van der Waals surface area contributed by atoms with Crippen molar-refractivity contribution in [3.8, 4) is 0 Å². The number of amides is 1. The van der Waals surface area contributed by atoms with Crippen LogP contribution in [0.25, 0.3) is 0 Å². The number of carbonyl (C=O) groups excluding carboxylic acids is 3. The van der Waals surface area contributed by atoms with Gasteiger partial charge in [0.15, 0.2) is 5.78 Å². The van der Waals surface area contributed by atoms with Crippen LogP contribution in [0.1, 0.15) is 29.3 Å². The molecule has 0 unspecified atom stereocenters. The highest BCUT2D eigenvalue weighted by atomic mass is 16.2. The standard InChI is InChI=1S/C17H15NO3/c1-12(19)11-16(20)18-15-9-7-14(8-10-15)17(21)13-5-3-2-4-6-13/h2-10H,11H2,1H3,(H,18,20). The van der Waals surface area contributed by atoms with Crippen LogP contribution in [0.2, 0.25) is 0 Å². The van der Waals surface area contributed by atoms with Crippen LogP contribution in [-0.2, 0) is 9.59 Å². The van der Waals surface area contributed by atoms with Crippen molar-refractivity contribution >= 4 is 23.2 Å². The molecule has 4 heteroatoms. The van der Waals surface area contributed by atoms with Gasteiger partial charge < -0.3 is 5.32 Å². The molecule has 0 aliphatic rings. The number of benzene rings is 2. The molecule has 0 aliphatic heterocycles. The van der Waals surface area contributed by atoms with Gasteiger partial charge in [0.1, 0.15) is 5.78 Å².